The summed E-state index contributed by atoms with van der Waals surface area (Å²) in [6.45, 7) is 1.52. The van der Waals surface area contributed by atoms with E-state index in [1.54, 1.807) is 30.3 Å². The molecule has 0 aromatic heterocycles. The molecule has 36 heteroatoms. The number of aliphatic hydroxyl groups excluding tert-OH is 1. The second-order valence-electron chi connectivity index (χ2n) is 22.0. The number of amides is 11. The van der Waals surface area contributed by atoms with Crippen molar-refractivity contribution in [3.05, 3.63) is 65.7 Å². The Morgan fingerprint density at radius 3 is 1.27 bits per heavy atom. The van der Waals surface area contributed by atoms with Crippen LogP contribution >= 0.6 is 0 Å². The highest BCUT2D eigenvalue weighted by Crippen LogP contribution is 2.14. The molecule has 28 N–H and O–H groups in total. The minimum absolute atomic E-state index is 0.0606. The second-order valence-corrected chi connectivity index (χ2v) is 22.0. The lowest BCUT2D eigenvalue weighted by atomic mass is 10.0. The predicted molar refractivity (Wildman–Crippen MR) is 333 cm³/mol. The molecule has 0 aliphatic heterocycles. The number of hydrogen-bond donors (Lipinski definition) is 22. The van der Waals surface area contributed by atoms with Crippen molar-refractivity contribution in [1.82, 2.24) is 53.2 Å². The molecule has 2 aromatic carbocycles. The maximum absolute atomic E-state index is 14.5. The lowest BCUT2D eigenvalue weighted by molar-refractivity contribution is -0.143. The molecule has 11 atom stereocenters. The first-order valence-electron chi connectivity index (χ1n) is 30.1. The number of rotatable bonds is 46. The Morgan fingerprint density at radius 1 is 0.447 bits per heavy atom. The summed E-state index contributed by atoms with van der Waals surface area (Å²) < 4.78 is 0. The molecule has 0 fully saturated rings. The number of phenolic OH excluding ortho intramolecular Hbond substituents is 1. The van der Waals surface area contributed by atoms with E-state index in [0.29, 0.717) is 30.5 Å². The van der Waals surface area contributed by atoms with E-state index in [-0.39, 0.29) is 76.2 Å². The molecule has 2 rings (SSSR count). The van der Waals surface area contributed by atoms with Crippen LogP contribution in [0.2, 0.25) is 0 Å². The first kappa shape index (κ1) is 80.0. The summed E-state index contributed by atoms with van der Waals surface area (Å²) >= 11 is 0. The van der Waals surface area contributed by atoms with E-state index < -0.39 is 188 Å². The maximum atomic E-state index is 14.5. The number of carboxylic acid groups (broad SMARTS) is 3. The van der Waals surface area contributed by atoms with Crippen LogP contribution in [-0.2, 0) is 80.0 Å². The van der Waals surface area contributed by atoms with Crippen molar-refractivity contribution >= 4 is 88.8 Å². The van der Waals surface area contributed by atoms with Gasteiger partial charge in [-0.2, -0.15) is 0 Å². The maximum Gasteiger partial charge on any atom is 0.326 e. The smallest absolute Gasteiger partial charge is 0.326 e. The van der Waals surface area contributed by atoms with Gasteiger partial charge < -0.3 is 113 Å². The highest BCUT2D eigenvalue weighted by molar-refractivity contribution is 6.00. The predicted octanol–water partition coefficient (Wildman–Crippen LogP) is -6.67. The number of aromatic hydroxyl groups is 1. The van der Waals surface area contributed by atoms with Crippen molar-refractivity contribution in [3.63, 3.8) is 0 Å². The van der Waals surface area contributed by atoms with Gasteiger partial charge in [-0.3, -0.25) is 67.7 Å². The zero-order valence-electron chi connectivity index (χ0n) is 51.9. The van der Waals surface area contributed by atoms with Crippen molar-refractivity contribution < 1.29 is 92.7 Å². The molecule has 0 spiro atoms. The molecule has 94 heavy (non-hydrogen) atoms. The van der Waals surface area contributed by atoms with Crippen LogP contribution in [0.25, 0.3) is 0 Å². The van der Waals surface area contributed by atoms with Crippen LogP contribution < -0.4 is 87.6 Å². The summed E-state index contributed by atoms with van der Waals surface area (Å²) in [7, 11) is 0. The third-order valence-electron chi connectivity index (χ3n) is 14.1. The van der Waals surface area contributed by atoms with Gasteiger partial charge in [0.2, 0.25) is 65.0 Å². The summed E-state index contributed by atoms with van der Waals surface area (Å²) in [5, 5.41) is 80.4. The Labute approximate surface area is 540 Å². The fourth-order valence-electron chi connectivity index (χ4n) is 9.05. The zero-order chi connectivity index (χ0) is 70.6. The van der Waals surface area contributed by atoms with Crippen LogP contribution in [0.5, 0.6) is 5.75 Å². The molecule has 520 valence electrons. The van der Waals surface area contributed by atoms with Gasteiger partial charge in [-0.15, -0.1) is 0 Å². The molecule has 0 aliphatic rings. The molecule has 11 amide bonds. The average molecular weight is 1330 g/mol. The summed E-state index contributed by atoms with van der Waals surface area (Å²) in [5.74, 6) is -17.7. The van der Waals surface area contributed by atoms with Crippen LogP contribution in [0.4, 0.5) is 0 Å². The average Bonchev–Trinajstić information content (AvgIpc) is 1.26. The number of benzene rings is 2. The van der Waals surface area contributed by atoms with Crippen molar-refractivity contribution in [2.75, 3.05) is 19.6 Å². The lowest BCUT2D eigenvalue weighted by Crippen LogP contribution is -2.62. The van der Waals surface area contributed by atoms with Crippen molar-refractivity contribution in [2.24, 2.45) is 34.4 Å². The van der Waals surface area contributed by atoms with Gasteiger partial charge in [-0.1, -0.05) is 48.9 Å². The number of aliphatic carboxylic acids is 3. The van der Waals surface area contributed by atoms with Crippen LogP contribution in [0.1, 0.15) is 108 Å². The van der Waals surface area contributed by atoms with Gasteiger partial charge >= 0.3 is 17.9 Å². The second kappa shape index (κ2) is 42.1. The van der Waals surface area contributed by atoms with Gasteiger partial charge in [0.05, 0.1) is 25.0 Å². The number of carbonyl (C=O) groups is 14. The number of nitrogens with one attached hydrogen (secondary N) is 11. The molecule has 0 unspecified atom stereocenters. The molecule has 0 saturated carbocycles. The van der Waals surface area contributed by atoms with E-state index >= 15 is 0 Å². The van der Waals surface area contributed by atoms with Gasteiger partial charge in [0.25, 0.3) is 0 Å². The van der Waals surface area contributed by atoms with Gasteiger partial charge in [-0.25, -0.2) is 4.79 Å². The minimum Gasteiger partial charge on any atom is -0.508 e. The molecule has 0 aliphatic carbocycles. The highest BCUT2D eigenvalue weighted by Gasteiger charge is 2.38. The Bertz CT molecular complexity index is 2920. The van der Waals surface area contributed by atoms with Gasteiger partial charge in [0.15, 0.2) is 5.96 Å². The minimum atomic E-state index is -2.01. The van der Waals surface area contributed by atoms with Crippen LogP contribution in [0, 0.1) is 5.41 Å². The van der Waals surface area contributed by atoms with Crippen molar-refractivity contribution in [2.45, 2.75) is 176 Å². The van der Waals surface area contributed by atoms with Crippen LogP contribution in [0.3, 0.4) is 0 Å². The van der Waals surface area contributed by atoms with E-state index in [1.807, 2.05) is 0 Å². The van der Waals surface area contributed by atoms with E-state index in [4.69, 9.17) is 39.8 Å². The van der Waals surface area contributed by atoms with E-state index in [0.717, 1.165) is 6.92 Å². The fraction of sp³-hybridized carbons (Fsp3) is 0.534. The van der Waals surface area contributed by atoms with Crippen molar-refractivity contribution in [3.8, 4) is 5.75 Å². The largest absolute Gasteiger partial charge is 0.508 e. The summed E-state index contributed by atoms with van der Waals surface area (Å²) in [6, 6.07) is -3.91. The number of phenols is 1. The molecule has 0 radical (unpaired) electrons. The topological polar surface area (TPSA) is 640 Å². The number of carboxylic acids is 3. The Morgan fingerprint density at radius 2 is 0.819 bits per heavy atom. The molecule has 2 aromatic rings. The Kier molecular flexibility index (Phi) is 35.9. The highest BCUT2D eigenvalue weighted by atomic mass is 16.4. The molecule has 0 heterocycles. The molecular weight excluding hydrogens is 1240 g/mol. The van der Waals surface area contributed by atoms with E-state index in [1.165, 1.54) is 24.3 Å². The Hall–Kier alpha value is -10.1. The number of aliphatic hydroxyl groups is 1. The van der Waals surface area contributed by atoms with Gasteiger partial charge in [0, 0.05) is 32.2 Å². The van der Waals surface area contributed by atoms with E-state index in [2.05, 4.69) is 53.2 Å². The van der Waals surface area contributed by atoms with Crippen molar-refractivity contribution in [1.29, 1.82) is 5.41 Å². The Balaban J connectivity index is 2.52. The normalized spacial score (nSPS) is 14.4. The first-order valence-corrected chi connectivity index (χ1v) is 30.1. The number of hydrogen-bond acceptors (Lipinski definition) is 20. The summed E-state index contributed by atoms with van der Waals surface area (Å²) in [4.78, 5) is 186. The van der Waals surface area contributed by atoms with E-state index in [9.17, 15) is 92.7 Å². The monoisotopic (exact) mass is 1330 g/mol. The molecule has 0 saturated heterocycles. The first-order chi connectivity index (χ1) is 44.3. The third kappa shape index (κ3) is 31.3. The number of primary amides is 2. The van der Waals surface area contributed by atoms with Crippen LogP contribution in [0.15, 0.2) is 54.6 Å². The summed E-state index contributed by atoms with van der Waals surface area (Å²) in [6.07, 6.45) is -5.97. The van der Waals surface area contributed by atoms with Crippen LogP contribution in [-0.4, -0.2) is 201 Å². The number of nitrogens with two attached hydrogens (primary N) is 6. The SMILES string of the molecule is C[C@@H](O)[C@H](NC(=O)[C@H](CCCCN)NC(=O)[C@H](Cc1ccccc1)NC(=O)[C@H](CC(N)=O)NC(=O)[C@H](CC(N)=O)NC(=O)[C@H](CCCNC(=N)N)NC(=O)[C@@H](N)CCCCN)C(=O)N[C@@H](CCC(=O)O)C(=O)N[C@@H](CCC(=O)O)C(=O)N[C@@H](Cc1ccc(O)cc1)C(=O)O. The number of carbonyl (C=O) groups excluding carboxylic acids is 11. The number of guanidine groups is 1. The molecular formula is C58H89N17O19. The third-order valence-corrected chi connectivity index (χ3v) is 14.1. The lowest BCUT2D eigenvalue weighted by Gasteiger charge is -2.29. The van der Waals surface area contributed by atoms with Gasteiger partial charge in [0.1, 0.15) is 60.1 Å². The zero-order valence-corrected chi connectivity index (χ0v) is 51.9. The number of unbranched alkanes of at least 4 members (excludes halogenated alkanes) is 2. The van der Waals surface area contributed by atoms with Gasteiger partial charge in [-0.05, 0) is 101 Å². The standard InChI is InChI=1S/C58H89N17O19/c1-30(76)47(56(92)70-38(20-22-46(82)83)50(86)69-37(19-21-45(80)81)51(87)74-42(57(93)94)27-32-15-17-33(77)18-16-32)75-52(88)35(13-6-8-24-60)68-53(89)39(26-31-10-3-2-4-11-31)71-54(90)41(29-44(63)79)73-55(91)40(28-43(62)78)72-49(85)36(14-9-25-66-58(64)65)67-48(84)34(61)12-5-7-23-59/h2-4,10-11,15-18,30,34-42,47,76-77H,5-9,12-14,19-29,59-61H2,1H3,(H2,62,78)(H2,63,79)(H,67,84)(H,68,89)(H,69,86)(H,70,92)(H,71,90)(H,72,85)(H,73,91)(H,74,87)(H,75,88)(H,80,81)(H,82,83)(H,93,94)(H4,64,65,66)/t30-,34+,35+,36+,37+,38+,39+,40+,41+,42+,47+/m1/s1. The fourth-order valence-corrected chi connectivity index (χ4v) is 9.05. The quantitative estimate of drug-likeness (QED) is 0.0166. The molecule has 0 bridgehead atoms. The summed E-state index contributed by atoms with van der Waals surface area (Å²) in [5.41, 5.74) is 34.4. The molecule has 36 nitrogen and oxygen atoms in total.